The van der Waals surface area contributed by atoms with Crippen LogP contribution in [0.2, 0.25) is 0 Å². The number of pyridine rings is 1. The minimum absolute atomic E-state index is 0.270. The number of rotatable bonds is 4. The monoisotopic (exact) mass is 465 g/mol. The SMILES string of the molecule is CC(=O)Oc1ccc([C@]2(C)OC(c3cc(-c4ccccc4)nc4ccccc34)=NN2C(C)=O)cc1. The standard InChI is InChI=1S/C28H23N3O4/c1-18(32)31-28(3,21-13-15-22(16-14-21)34-19(2)33)35-27(30-31)24-17-26(20-9-5-4-6-10-20)29-25-12-8-7-11-23(24)25/h4-17H,1-3H3/t28-/m0/s1. The van der Waals surface area contributed by atoms with E-state index in [4.69, 9.17) is 14.5 Å². The molecule has 1 atom stereocenters. The molecule has 1 aliphatic heterocycles. The van der Waals surface area contributed by atoms with Gasteiger partial charge in [0.2, 0.25) is 17.5 Å². The van der Waals surface area contributed by atoms with Crippen molar-refractivity contribution in [2.75, 3.05) is 0 Å². The van der Waals surface area contributed by atoms with Crippen molar-refractivity contribution >= 4 is 28.7 Å². The first kappa shape index (κ1) is 22.3. The molecule has 0 radical (unpaired) electrons. The van der Waals surface area contributed by atoms with Gasteiger partial charge in [-0.05, 0) is 36.4 Å². The van der Waals surface area contributed by atoms with E-state index in [1.54, 1.807) is 31.2 Å². The second-order valence-corrected chi connectivity index (χ2v) is 8.38. The Balaban J connectivity index is 1.60. The van der Waals surface area contributed by atoms with Gasteiger partial charge in [0.05, 0.1) is 11.2 Å². The van der Waals surface area contributed by atoms with Crippen LogP contribution in [0.15, 0.2) is 90.0 Å². The van der Waals surface area contributed by atoms with E-state index in [1.807, 2.05) is 60.7 Å². The Morgan fingerprint density at radius 1 is 0.914 bits per heavy atom. The Morgan fingerprint density at radius 2 is 1.60 bits per heavy atom. The summed E-state index contributed by atoms with van der Waals surface area (Å²) < 4.78 is 11.6. The highest BCUT2D eigenvalue weighted by molar-refractivity contribution is 6.08. The zero-order valence-electron chi connectivity index (χ0n) is 19.6. The molecule has 0 fully saturated rings. The number of carbonyl (C=O) groups is 2. The van der Waals surface area contributed by atoms with Gasteiger partial charge in [-0.3, -0.25) is 9.59 Å². The Hall–Kier alpha value is -4.52. The Labute approximate surface area is 202 Å². The van der Waals surface area contributed by atoms with E-state index in [1.165, 1.54) is 18.9 Å². The van der Waals surface area contributed by atoms with Crippen LogP contribution in [-0.4, -0.2) is 27.8 Å². The molecule has 0 aliphatic carbocycles. The van der Waals surface area contributed by atoms with Crippen molar-refractivity contribution < 1.29 is 19.1 Å². The molecular formula is C28H23N3O4. The lowest BCUT2D eigenvalue weighted by molar-refractivity contribution is -0.146. The molecule has 174 valence electrons. The molecule has 1 aromatic heterocycles. The smallest absolute Gasteiger partial charge is 0.308 e. The van der Waals surface area contributed by atoms with Crippen LogP contribution in [0.4, 0.5) is 0 Å². The third kappa shape index (κ3) is 4.12. The number of amides is 1. The van der Waals surface area contributed by atoms with Crippen molar-refractivity contribution in [2.24, 2.45) is 5.10 Å². The summed E-state index contributed by atoms with van der Waals surface area (Å²) in [6.45, 7) is 4.57. The zero-order valence-corrected chi connectivity index (χ0v) is 19.6. The van der Waals surface area contributed by atoms with Crippen LogP contribution in [0.3, 0.4) is 0 Å². The average molecular weight is 466 g/mol. The first-order valence-corrected chi connectivity index (χ1v) is 11.2. The summed E-state index contributed by atoms with van der Waals surface area (Å²) in [5, 5.41) is 6.81. The Kier molecular flexibility index (Phi) is 5.53. The van der Waals surface area contributed by atoms with Crippen LogP contribution in [0.1, 0.15) is 31.9 Å². The lowest BCUT2D eigenvalue weighted by atomic mass is 10.0. The minimum atomic E-state index is -1.19. The third-order valence-electron chi connectivity index (χ3n) is 5.86. The summed E-state index contributed by atoms with van der Waals surface area (Å²) in [5.74, 6) is 0.0533. The number of hydrogen-bond acceptors (Lipinski definition) is 6. The van der Waals surface area contributed by atoms with Gasteiger partial charge in [-0.25, -0.2) is 4.98 Å². The van der Waals surface area contributed by atoms with Crippen molar-refractivity contribution in [2.45, 2.75) is 26.5 Å². The molecule has 0 saturated heterocycles. The fraction of sp³-hybridized carbons (Fsp3) is 0.143. The molecule has 7 nitrogen and oxygen atoms in total. The van der Waals surface area contributed by atoms with Gasteiger partial charge in [0, 0.05) is 42.8 Å². The first-order valence-electron chi connectivity index (χ1n) is 11.2. The lowest BCUT2D eigenvalue weighted by Gasteiger charge is -2.31. The summed E-state index contributed by atoms with van der Waals surface area (Å²) in [7, 11) is 0. The molecule has 2 heterocycles. The third-order valence-corrected chi connectivity index (χ3v) is 5.86. The fourth-order valence-electron chi connectivity index (χ4n) is 4.21. The summed E-state index contributed by atoms with van der Waals surface area (Å²) >= 11 is 0. The zero-order chi connectivity index (χ0) is 24.6. The van der Waals surface area contributed by atoms with Crippen LogP contribution >= 0.6 is 0 Å². The maximum Gasteiger partial charge on any atom is 0.308 e. The molecule has 5 rings (SSSR count). The molecule has 0 spiro atoms. The molecule has 1 aliphatic rings. The summed E-state index contributed by atoms with van der Waals surface area (Å²) in [6, 6.07) is 26.4. The van der Waals surface area contributed by atoms with Crippen LogP contribution in [0, 0.1) is 0 Å². The van der Waals surface area contributed by atoms with Crippen LogP contribution in [0.25, 0.3) is 22.2 Å². The Morgan fingerprint density at radius 3 is 2.29 bits per heavy atom. The van der Waals surface area contributed by atoms with Gasteiger partial charge in [0.25, 0.3) is 0 Å². The predicted molar refractivity (Wildman–Crippen MR) is 132 cm³/mol. The number of benzene rings is 3. The molecule has 0 bridgehead atoms. The van der Waals surface area contributed by atoms with Crippen molar-refractivity contribution in [3.63, 3.8) is 0 Å². The van der Waals surface area contributed by atoms with E-state index in [0.717, 1.165) is 27.7 Å². The normalized spacial score (nSPS) is 17.1. The number of ether oxygens (including phenoxy) is 2. The molecule has 7 heteroatoms. The molecule has 0 N–H and O–H groups in total. The van der Waals surface area contributed by atoms with Gasteiger partial charge in [0.1, 0.15) is 5.75 Å². The lowest BCUT2D eigenvalue weighted by Crippen LogP contribution is -2.41. The van der Waals surface area contributed by atoms with Gasteiger partial charge in [0.15, 0.2) is 0 Å². The molecule has 1 amide bonds. The number of nitrogens with zero attached hydrogens (tertiary/aromatic N) is 3. The van der Waals surface area contributed by atoms with Gasteiger partial charge in [-0.2, -0.15) is 5.01 Å². The van der Waals surface area contributed by atoms with E-state index >= 15 is 0 Å². The van der Waals surface area contributed by atoms with E-state index in [9.17, 15) is 9.59 Å². The maximum atomic E-state index is 12.6. The van der Waals surface area contributed by atoms with E-state index in [2.05, 4.69) is 5.10 Å². The van der Waals surface area contributed by atoms with E-state index in [0.29, 0.717) is 17.2 Å². The van der Waals surface area contributed by atoms with E-state index < -0.39 is 11.7 Å². The van der Waals surface area contributed by atoms with Crippen molar-refractivity contribution in [3.8, 4) is 17.0 Å². The highest BCUT2D eigenvalue weighted by Gasteiger charge is 2.45. The van der Waals surface area contributed by atoms with Crippen LogP contribution in [0.5, 0.6) is 5.75 Å². The molecule has 0 unspecified atom stereocenters. The van der Waals surface area contributed by atoms with E-state index in [-0.39, 0.29) is 5.91 Å². The molecule has 35 heavy (non-hydrogen) atoms. The van der Waals surface area contributed by atoms with Crippen molar-refractivity contribution in [1.29, 1.82) is 0 Å². The first-order chi connectivity index (χ1) is 16.8. The maximum absolute atomic E-state index is 12.6. The average Bonchev–Trinajstić information content (AvgIpc) is 3.22. The predicted octanol–water partition coefficient (Wildman–Crippen LogP) is 5.24. The number of hydrazone groups is 1. The van der Waals surface area contributed by atoms with Crippen LogP contribution < -0.4 is 4.74 Å². The number of esters is 1. The van der Waals surface area contributed by atoms with Gasteiger partial charge >= 0.3 is 5.97 Å². The van der Waals surface area contributed by atoms with Crippen LogP contribution in [-0.2, 0) is 20.1 Å². The van der Waals surface area contributed by atoms with Gasteiger partial charge in [-0.1, -0.05) is 48.5 Å². The largest absolute Gasteiger partial charge is 0.443 e. The summed E-state index contributed by atoms with van der Waals surface area (Å²) in [5.41, 5.74) is 2.77. The molecule has 3 aromatic carbocycles. The quantitative estimate of drug-likeness (QED) is 0.304. The van der Waals surface area contributed by atoms with Gasteiger partial charge in [-0.15, -0.1) is 5.10 Å². The molecular weight excluding hydrogens is 442 g/mol. The fourth-order valence-corrected chi connectivity index (χ4v) is 4.21. The topological polar surface area (TPSA) is 81.1 Å². The number of carbonyl (C=O) groups excluding carboxylic acids is 2. The minimum Gasteiger partial charge on any atom is -0.443 e. The van der Waals surface area contributed by atoms with Gasteiger partial charge < -0.3 is 9.47 Å². The number of hydrogen-bond donors (Lipinski definition) is 0. The highest BCUT2D eigenvalue weighted by Crippen LogP contribution is 2.38. The number of aromatic nitrogens is 1. The van der Waals surface area contributed by atoms with Crippen molar-refractivity contribution in [3.05, 3.63) is 96.1 Å². The second kappa shape index (κ2) is 8.68. The summed E-state index contributed by atoms with van der Waals surface area (Å²) in [6.07, 6.45) is 0. The Bertz CT molecular complexity index is 1470. The highest BCUT2D eigenvalue weighted by atomic mass is 16.6. The van der Waals surface area contributed by atoms with Crippen molar-refractivity contribution in [1.82, 2.24) is 9.99 Å². The number of para-hydroxylation sites is 1. The number of fused-ring (bicyclic) bond motifs is 1. The second-order valence-electron chi connectivity index (χ2n) is 8.38. The molecule has 4 aromatic rings. The summed E-state index contributed by atoms with van der Waals surface area (Å²) in [4.78, 5) is 28.7. The molecule has 0 saturated carbocycles.